The Labute approximate surface area is 103 Å². The average molecular weight is 241 g/mol. The molecule has 0 aromatic rings. The number of carbonyl (C=O) groups is 2. The standard InChI is InChI=1S/C13H23NO3/c1-9-4-5-10(6-9)8-14-11(15)7-13(2,3)12(16)17/h9-10H,4-8H2,1-3H3,(H,14,15)(H,16,17). The van der Waals surface area contributed by atoms with E-state index in [4.69, 9.17) is 5.11 Å². The third-order valence-corrected chi connectivity index (χ3v) is 3.57. The van der Waals surface area contributed by atoms with Gasteiger partial charge in [-0.25, -0.2) is 0 Å². The van der Waals surface area contributed by atoms with Crippen LogP contribution in [0.25, 0.3) is 0 Å². The molecule has 1 saturated carbocycles. The van der Waals surface area contributed by atoms with E-state index in [1.54, 1.807) is 13.8 Å². The number of carbonyl (C=O) groups excluding carboxylic acids is 1. The van der Waals surface area contributed by atoms with Gasteiger partial charge in [-0.3, -0.25) is 9.59 Å². The van der Waals surface area contributed by atoms with E-state index in [2.05, 4.69) is 12.2 Å². The first kappa shape index (κ1) is 14.0. The number of carboxylic acid groups (broad SMARTS) is 1. The zero-order valence-electron chi connectivity index (χ0n) is 11.0. The first-order valence-corrected chi connectivity index (χ1v) is 6.31. The van der Waals surface area contributed by atoms with Crippen LogP contribution in [0.4, 0.5) is 0 Å². The third kappa shape index (κ3) is 4.36. The second-order valence-electron chi connectivity index (χ2n) is 5.95. The first-order valence-electron chi connectivity index (χ1n) is 6.31. The van der Waals surface area contributed by atoms with Crippen LogP contribution in [-0.4, -0.2) is 23.5 Å². The van der Waals surface area contributed by atoms with Crippen molar-refractivity contribution < 1.29 is 14.7 Å². The molecule has 0 spiro atoms. The van der Waals surface area contributed by atoms with Crippen LogP contribution in [0.3, 0.4) is 0 Å². The highest BCUT2D eigenvalue weighted by Crippen LogP contribution is 2.29. The Hall–Kier alpha value is -1.06. The molecule has 2 N–H and O–H groups in total. The van der Waals surface area contributed by atoms with Gasteiger partial charge in [0, 0.05) is 13.0 Å². The van der Waals surface area contributed by atoms with Crippen molar-refractivity contribution in [2.24, 2.45) is 17.3 Å². The molecule has 4 heteroatoms. The zero-order chi connectivity index (χ0) is 13.1. The maximum atomic E-state index is 11.6. The van der Waals surface area contributed by atoms with Gasteiger partial charge >= 0.3 is 5.97 Å². The SMILES string of the molecule is CC1CCC(CNC(=O)CC(C)(C)C(=O)O)C1. The van der Waals surface area contributed by atoms with Crippen LogP contribution in [-0.2, 0) is 9.59 Å². The highest BCUT2D eigenvalue weighted by molar-refractivity contribution is 5.84. The fourth-order valence-corrected chi connectivity index (χ4v) is 2.31. The van der Waals surface area contributed by atoms with Crippen molar-refractivity contribution in [3.63, 3.8) is 0 Å². The van der Waals surface area contributed by atoms with E-state index in [9.17, 15) is 9.59 Å². The summed E-state index contributed by atoms with van der Waals surface area (Å²) < 4.78 is 0. The fourth-order valence-electron chi connectivity index (χ4n) is 2.31. The predicted molar refractivity (Wildman–Crippen MR) is 65.5 cm³/mol. The summed E-state index contributed by atoms with van der Waals surface area (Å²) in [6, 6.07) is 0. The number of carboxylic acids is 1. The van der Waals surface area contributed by atoms with Gasteiger partial charge in [0.25, 0.3) is 0 Å². The zero-order valence-corrected chi connectivity index (χ0v) is 11.0. The molecular weight excluding hydrogens is 218 g/mol. The fraction of sp³-hybridized carbons (Fsp3) is 0.846. The summed E-state index contributed by atoms with van der Waals surface area (Å²) >= 11 is 0. The van der Waals surface area contributed by atoms with E-state index in [1.807, 2.05) is 0 Å². The molecule has 98 valence electrons. The minimum atomic E-state index is -0.979. The van der Waals surface area contributed by atoms with E-state index in [0.29, 0.717) is 12.5 Å². The summed E-state index contributed by atoms with van der Waals surface area (Å²) in [7, 11) is 0. The maximum Gasteiger partial charge on any atom is 0.309 e. The lowest BCUT2D eigenvalue weighted by Gasteiger charge is -2.19. The van der Waals surface area contributed by atoms with Crippen LogP contribution in [0.5, 0.6) is 0 Å². The van der Waals surface area contributed by atoms with Crippen molar-refractivity contribution in [2.45, 2.75) is 46.5 Å². The van der Waals surface area contributed by atoms with Gasteiger partial charge in [0.15, 0.2) is 0 Å². The van der Waals surface area contributed by atoms with Gasteiger partial charge < -0.3 is 10.4 Å². The summed E-state index contributed by atoms with van der Waals surface area (Å²) in [5.74, 6) is 0.244. The molecule has 0 aromatic carbocycles. The molecule has 0 heterocycles. The van der Waals surface area contributed by atoms with E-state index < -0.39 is 11.4 Å². The van der Waals surface area contributed by atoms with Crippen LogP contribution in [0.1, 0.15) is 46.5 Å². The Bertz CT molecular complexity index is 299. The van der Waals surface area contributed by atoms with Crippen molar-refractivity contribution in [2.75, 3.05) is 6.54 Å². The minimum Gasteiger partial charge on any atom is -0.481 e. The van der Waals surface area contributed by atoms with E-state index in [0.717, 1.165) is 5.92 Å². The molecule has 1 aliphatic carbocycles. The molecule has 17 heavy (non-hydrogen) atoms. The van der Waals surface area contributed by atoms with Gasteiger partial charge in [0.05, 0.1) is 5.41 Å². The van der Waals surface area contributed by atoms with E-state index >= 15 is 0 Å². The van der Waals surface area contributed by atoms with Gasteiger partial charge in [-0.2, -0.15) is 0 Å². The maximum absolute atomic E-state index is 11.6. The normalized spacial score (nSPS) is 24.6. The van der Waals surface area contributed by atoms with Crippen LogP contribution in [0, 0.1) is 17.3 Å². The van der Waals surface area contributed by atoms with Crippen molar-refractivity contribution in [1.29, 1.82) is 0 Å². The third-order valence-electron chi connectivity index (χ3n) is 3.57. The Kier molecular flexibility index (Phi) is 4.54. The van der Waals surface area contributed by atoms with Crippen molar-refractivity contribution in [3.05, 3.63) is 0 Å². The summed E-state index contributed by atoms with van der Waals surface area (Å²) in [6.45, 7) is 6.08. The number of rotatable bonds is 5. The minimum absolute atomic E-state index is 0.0462. The number of amides is 1. The highest BCUT2D eigenvalue weighted by atomic mass is 16.4. The average Bonchev–Trinajstić information content (AvgIpc) is 2.60. The lowest BCUT2D eigenvalue weighted by Crippen LogP contribution is -2.35. The largest absolute Gasteiger partial charge is 0.481 e. The summed E-state index contributed by atoms with van der Waals surface area (Å²) in [4.78, 5) is 22.5. The van der Waals surface area contributed by atoms with Gasteiger partial charge in [0.1, 0.15) is 0 Å². The molecule has 1 aliphatic rings. The molecule has 0 saturated heterocycles. The molecular formula is C13H23NO3. The van der Waals surface area contributed by atoms with E-state index in [-0.39, 0.29) is 12.3 Å². The first-order chi connectivity index (χ1) is 7.81. The molecule has 1 amide bonds. The highest BCUT2D eigenvalue weighted by Gasteiger charge is 2.30. The predicted octanol–water partition coefficient (Wildman–Crippen LogP) is 2.04. The quantitative estimate of drug-likeness (QED) is 0.774. The molecule has 0 aliphatic heterocycles. The lowest BCUT2D eigenvalue weighted by atomic mass is 9.89. The number of hydrogen-bond donors (Lipinski definition) is 2. The monoisotopic (exact) mass is 241 g/mol. The van der Waals surface area contributed by atoms with Crippen molar-refractivity contribution >= 4 is 11.9 Å². The summed E-state index contributed by atoms with van der Waals surface area (Å²) in [5, 5.41) is 11.8. The van der Waals surface area contributed by atoms with Crippen LogP contribution in [0.15, 0.2) is 0 Å². The van der Waals surface area contributed by atoms with Gasteiger partial charge in [0.2, 0.25) is 5.91 Å². The molecule has 0 radical (unpaired) electrons. The molecule has 1 fully saturated rings. The summed E-state index contributed by atoms with van der Waals surface area (Å²) in [6.07, 6.45) is 3.62. The Morgan fingerprint density at radius 1 is 1.35 bits per heavy atom. The molecule has 1 rings (SSSR count). The second kappa shape index (κ2) is 5.52. The second-order valence-corrected chi connectivity index (χ2v) is 5.95. The molecule has 4 nitrogen and oxygen atoms in total. The van der Waals surface area contributed by atoms with Gasteiger partial charge in [-0.05, 0) is 38.5 Å². The Morgan fingerprint density at radius 3 is 2.47 bits per heavy atom. The van der Waals surface area contributed by atoms with Crippen molar-refractivity contribution in [1.82, 2.24) is 5.32 Å². The lowest BCUT2D eigenvalue weighted by molar-refractivity contribution is -0.149. The van der Waals surface area contributed by atoms with Gasteiger partial charge in [-0.15, -0.1) is 0 Å². The van der Waals surface area contributed by atoms with Crippen molar-refractivity contribution in [3.8, 4) is 0 Å². The molecule has 2 unspecified atom stereocenters. The number of aliphatic carboxylic acids is 1. The topological polar surface area (TPSA) is 66.4 Å². The molecule has 2 atom stereocenters. The summed E-state index contributed by atoms with van der Waals surface area (Å²) in [5.41, 5.74) is -0.979. The molecule has 0 bridgehead atoms. The van der Waals surface area contributed by atoms with E-state index in [1.165, 1.54) is 19.3 Å². The van der Waals surface area contributed by atoms with Crippen LogP contribution in [0.2, 0.25) is 0 Å². The van der Waals surface area contributed by atoms with Crippen LogP contribution >= 0.6 is 0 Å². The number of hydrogen-bond acceptors (Lipinski definition) is 2. The molecule has 0 aromatic heterocycles. The Morgan fingerprint density at radius 2 is 2.00 bits per heavy atom. The smallest absolute Gasteiger partial charge is 0.309 e. The van der Waals surface area contributed by atoms with Crippen LogP contribution < -0.4 is 5.32 Å². The number of nitrogens with one attached hydrogen (secondary N) is 1. The Balaban J connectivity index is 2.28. The van der Waals surface area contributed by atoms with Gasteiger partial charge in [-0.1, -0.05) is 13.3 Å².